The van der Waals surface area contributed by atoms with Gasteiger partial charge in [-0.3, -0.25) is 10.1 Å². The summed E-state index contributed by atoms with van der Waals surface area (Å²) in [7, 11) is 0. The van der Waals surface area contributed by atoms with E-state index in [1.807, 2.05) is 67.6 Å². The van der Waals surface area contributed by atoms with Crippen LogP contribution in [0.5, 0.6) is 0 Å². The molecule has 272 valence electrons. The van der Waals surface area contributed by atoms with Gasteiger partial charge in [-0.1, -0.05) is 139 Å². The van der Waals surface area contributed by atoms with Crippen LogP contribution in [0.3, 0.4) is 0 Å². The molecule has 2 aromatic carbocycles. The van der Waals surface area contributed by atoms with Crippen LogP contribution < -0.4 is 21.3 Å². The molecule has 49 heavy (non-hydrogen) atoms. The number of carbonyl (C=O) groups is 4. The number of rotatable bonds is 26. The Bertz CT molecular complexity index is 1180. The number of unbranched alkanes of at least 4 members (excludes halogenated alkanes) is 10. The van der Waals surface area contributed by atoms with E-state index in [1.54, 1.807) is 0 Å². The number of benzene rings is 2. The van der Waals surface area contributed by atoms with Crippen LogP contribution in [-0.2, 0) is 32.3 Å². The highest BCUT2D eigenvalue weighted by Crippen LogP contribution is 2.12. The lowest BCUT2D eigenvalue weighted by molar-refractivity contribution is -0.123. The molecule has 3 atom stereocenters. The Morgan fingerprint density at radius 3 is 1.55 bits per heavy atom. The largest absolute Gasteiger partial charge is 0.445 e. The molecule has 0 aliphatic heterocycles. The number of hydrogen-bond donors (Lipinski definition) is 4. The molecule has 10 nitrogen and oxygen atoms in total. The fraction of sp³-hybridized carbons (Fsp3) is 0.590. The minimum atomic E-state index is -0.811. The molecule has 0 heterocycles. The van der Waals surface area contributed by atoms with E-state index in [9.17, 15) is 19.2 Å². The van der Waals surface area contributed by atoms with Crippen molar-refractivity contribution in [1.29, 1.82) is 0 Å². The van der Waals surface area contributed by atoms with Crippen molar-refractivity contribution in [1.82, 2.24) is 21.3 Å². The Morgan fingerprint density at radius 2 is 1.08 bits per heavy atom. The van der Waals surface area contributed by atoms with Gasteiger partial charge in [-0.15, -0.1) is 0 Å². The smallest absolute Gasteiger partial charge is 0.414 e. The minimum absolute atomic E-state index is 0.0355. The van der Waals surface area contributed by atoms with E-state index in [0.717, 1.165) is 49.6 Å². The van der Waals surface area contributed by atoms with Crippen LogP contribution in [0.25, 0.3) is 0 Å². The maximum Gasteiger partial charge on any atom is 0.414 e. The molecule has 0 aromatic heterocycles. The highest BCUT2D eigenvalue weighted by atomic mass is 16.6. The predicted molar refractivity (Wildman–Crippen MR) is 194 cm³/mol. The molecule has 0 saturated carbocycles. The highest BCUT2D eigenvalue weighted by Gasteiger charge is 2.27. The normalized spacial score (nSPS) is 12.9. The zero-order chi connectivity index (χ0) is 35.5. The summed E-state index contributed by atoms with van der Waals surface area (Å²) < 4.78 is 10.5. The van der Waals surface area contributed by atoms with Gasteiger partial charge >= 0.3 is 12.2 Å². The number of carbonyl (C=O) groups excluding carboxylic acids is 4. The Kier molecular flexibility index (Phi) is 22.1. The summed E-state index contributed by atoms with van der Waals surface area (Å²) in [4.78, 5) is 48.9. The molecule has 10 heteroatoms. The molecule has 0 aliphatic rings. The van der Waals surface area contributed by atoms with Gasteiger partial charge in [-0.2, -0.15) is 0 Å². The van der Waals surface area contributed by atoms with E-state index in [2.05, 4.69) is 35.1 Å². The second-order valence-electron chi connectivity index (χ2n) is 13.2. The summed E-state index contributed by atoms with van der Waals surface area (Å²) in [5, 5.41) is 11.7. The van der Waals surface area contributed by atoms with Crippen molar-refractivity contribution in [3.05, 3.63) is 71.8 Å². The maximum atomic E-state index is 13.2. The van der Waals surface area contributed by atoms with Crippen LogP contribution in [0.4, 0.5) is 9.59 Å². The third kappa shape index (κ3) is 19.7. The van der Waals surface area contributed by atoms with Crippen LogP contribution in [0.15, 0.2) is 60.7 Å². The number of imide groups is 1. The molecule has 0 bridgehead atoms. The zero-order valence-electron chi connectivity index (χ0n) is 29.9. The molecule has 3 amide bonds. The second kappa shape index (κ2) is 26.2. The van der Waals surface area contributed by atoms with Crippen LogP contribution in [0.2, 0.25) is 0 Å². The van der Waals surface area contributed by atoms with Gasteiger partial charge in [0.1, 0.15) is 19.5 Å². The van der Waals surface area contributed by atoms with Crippen LogP contribution in [0, 0.1) is 11.8 Å². The van der Waals surface area contributed by atoms with Crippen molar-refractivity contribution in [3.8, 4) is 0 Å². The van der Waals surface area contributed by atoms with Crippen molar-refractivity contribution in [2.75, 3.05) is 19.6 Å². The molecule has 0 fully saturated rings. The number of alkyl carbamates (subject to hydrolysis) is 2. The van der Waals surface area contributed by atoms with Crippen molar-refractivity contribution < 1.29 is 28.7 Å². The average Bonchev–Trinajstić information content (AvgIpc) is 3.10. The number of hydrogen-bond acceptors (Lipinski definition) is 8. The van der Waals surface area contributed by atoms with Crippen molar-refractivity contribution in [2.24, 2.45) is 11.8 Å². The van der Waals surface area contributed by atoms with E-state index < -0.39 is 24.1 Å². The quantitative estimate of drug-likeness (QED) is 0.0613. The fourth-order valence-corrected chi connectivity index (χ4v) is 5.43. The zero-order valence-corrected chi connectivity index (χ0v) is 29.9. The van der Waals surface area contributed by atoms with Crippen molar-refractivity contribution >= 4 is 24.4 Å². The van der Waals surface area contributed by atoms with Crippen LogP contribution >= 0.6 is 0 Å². The van der Waals surface area contributed by atoms with Crippen LogP contribution in [0.1, 0.15) is 103 Å². The fourth-order valence-electron chi connectivity index (χ4n) is 5.43. The molecule has 0 aliphatic carbocycles. The van der Waals surface area contributed by atoms with Crippen molar-refractivity contribution in [2.45, 2.75) is 117 Å². The first kappa shape index (κ1) is 41.4. The van der Waals surface area contributed by atoms with Gasteiger partial charge in [-0.05, 0) is 48.9 Å². The monoisotopic (exact) mass is 680 g/mol. The Morgan fingerprint density at radius 1 is 0.633 bits per heavy atom. The van der Waals surface area contributed by atoms with E-state index in [1.165, 1.54) is 44.9 Å². The summed E-state index contributed by atoms with van der Waals surface area (Å²) in [6, 6.07) is 17.9. The summed E-state index contributed by atoms with van der Waals surface area (Å²) in [6.07, 6.45) is 12.4. The first-order chi connectivity index (χ1) is 23.8. The summed E-state index contributed by atoms with van der Waals surface area (Å²) >= 11 is 0. The number of amides is 3. The third-order valence-electron chi connectivity index (χ3n) is 8.53. The molecule has 2 aromatic rings. The Balaban J connectivity index is 1.65. The van der Waals surface area contributed by atoms with Crippen molar-refractivity contribution in [3.63, 3.8) is 0 Å². The predicted octanol–water partition coefficient (Wildman–Crippen LogP) is 7.06. The highest BCUT2D eigenvalue weighted by molar-refractivity contribution is 5.95. The first-order valence-corrected chi connectivity index (χ1v) is 18.2. The Labute approximate surface area is 293 Å². The lowest BCUT2D eigenvalue weighted by Gasteiger charge is -2.24. The molecular weight excluding hydrogens is 620 g/mol. The lowest BCUT2D eigenvalue weighted by Crippen LogP contribution is -2.52. The van der Waals surface area contributed by atoms with Gasteiger partial charge in [0.05, 0.1) is 12.1 Å². The van der Waals surface area contributed by atoms with Gasteiger partial charge in [0.2, 0.25) is 5.91 Å². The topological polar surface area (TPSA) is 135 Å². The van der Waals surface area contributed by atoms with E-state index in [-0.39, 0.29) is 31.7 Å². The molecule has 4 N–H and O–H groups in total. The summed E-state index contributed by atoms with van der Waals surface area (Å²) in [6.45, 7) is 7.88. The summed E-state index contributed by atoms with van der Waals surface area (Å²) in [5.74, 6) is -0.487. The maximum absolute atomic E-state index is 13.2. The van der Waals surface area contributed by atoms with Gasteiger partial charge < -0.3 is 30.2 Å². The number of ether oxygens (including phenoxy) is 2. The van der Waals surface area contributed by atoms with Crippen LogP contribution in [-0.4, -0.2) is 56.1 Å². The average molecular weight is 681 g/mol. The first-order valence-electron chi connectivity index (χ1n) is 18.2. The molecule has 0 spiro atoms. The molecular formula is C39H60N4O6. The third-order valence-corrected chi connectivity index (χ3v) is 8.53. The molecule has 0 radical (unpaired) electrons. The van der Waals surface area contributed by atoms with Gasteiger partial charge in [-0.25, -0.2) is 9.59 Å². The molecule has 2 rings (SSSR count). The van der Waals surface area contributed by atoms with E-state index in [4.69, 9.17) is 9.47 Å². The Hall–Kier alpha value is -3.76. The van der Waals surface area contributed by atoms with E-state index in [0.29, 0.717) is 12.5 Å². The lowest BCUT2D eigenvalue weighted by atomic mass is 10.0. The molecule has 0 saturated heterocycles. The number of aldehydes is 1. The standard InChI is InChI=1S/C39H60N4O6/c1-31(2)35(28-44)40-25-19-11-9-7-5-4-6-8-10-12-20-26-41-36(37(45)43-39(47)49-30-34-23-17-14-18-24-34)32(3)27-42-38(46)48-29-33-21-15-13-16-22-33/h13-18,21-24,28,31-32,35-36,40-41H,4-12,19-20,25-27,29-30H2,1-3H3,(H,42,46)(H,43,45,47)/t32?,35-,36+/m1/s1. The molecule has 1 unspecified atom stereocenters. The van der Waals surface area contributed by atoms with Gasteiger partial charge in [0, 0.05) is 6.54 Å². The summed E-state index contributed by atoms with van der Waals surface area (Å²) in [5.41, 5.74) is 1.70. The SMILES string of the molecule is CC(CNC(=O)OCc1ccccc1)[C@H](NCCCCCCCCCCCCCN[C@H](C=O)C(C)C)C(=O)NC(=O)OCc1ccccc1. The van der Waals surface area contributed by atoms with Gasteiger partial charge in [0.25, 0.3) is 0 Å². The van der Waals surface area contributed by atoms with Gasteiger partial charge in [0.15, 0.2) is 0 Å². The second-order valence-corrected chi connectivity index (χ2v) is 13.2. The minimum Gasteiger partial charge on any atom is -0.445 e. The van der Waals surface area contributed by atoms with E-state index >= 15 is 0 Å². The number of nitrogens with one attached hydrogen (secondary N) is 4.